The molecule has 0 aromatic rings. The van der Waals surface area contributed by atoms with E-state index in [9.17, 15) is 0 Å². The summed E-state index contributed by atoms with van der Waals surface area (Å²) in [5, 5.41) is 3.71. The summed E-state index contributed by atoms with van der Waals surface area (Å²) >= 11 is -0.146. The van der Waals surface area contributed by atoms with Crippen LogP contribution < -0.4 is 26.9 Å². The van der Waals surface area contributed by atoms with Crippen molar-refractivity contribution in [2.24, 2.45) is 16.8 Å². The molecule has 0 radical (unpaired) electrons. The van der Waals surface area contributed by atoms with Gasteiger partial charge >= 0.3 is 77.8 Å². The Morgan fingerprint density at radius 2 is 2.18 bits per heavy atom. The van der Waals surface area contributed by atoms with Crippen molar-refractivity contribution in [1.82, 2.24) is 0 Å². The number of hydrogen-bond acceptors (Lipinski definition) is 2. The third-order valence-electron chi connectivity index (χ3n) is 1.09. The van der Waals surface area contributed by atoms with Crippen molar-refractivity contribution in [1.29, 1.82) is 0 Å². The molecule has 0 bridgehead atoms. The van der Waals surface area contributed by atoms with Crippen LogP contribution in [-0.4, -0.2) is 8.77 Å². The molecule has 0 aromatic carbocycles. The van der Waals surface area contributed by atoms with Crippen LogP contribution in [0, 0.1) is 5.92 Å². The van der Waals surface area contributed by atoms with E-state index < -0.39 is 0 Å². The van der Waals surface area contributed by atoms with Gasteiger partial charge in [-0.05, 0) is 0 Å². The first kappa shape index (κ1) is 10.7. The van der Waals surface area contributed by atoms with E-state index >= 15 is 0 Å². The second-order valence-electron chi connectivity index (χ2n) is 2.32. The minimum atomic E-state index is -0.146. The van der Waals surface area contributed by atoms with Gasteiger partial charge in [0, 0.05) is 0 Å². The number of rotatable bonds is 4. The number of nitrogens with zero attached hydrogens (tertiary/aromatic N) is 1. The van der Waals surface area contributed by atoms with Crippen LogP contribution in [0.4, 0.5) is 0 Å². The molecule has 0 unspecified atom stereocenters. The molecule has 0 rings (SSSR count). The number of alkyl halides is 1. The fraction of sp³-hybridized carbons (Fsp3) is 0.571. The molecule has 11 heavy (non-hydrogen) atoms. The van der Waals surface area contributed by atoms with E-state index in [-0.39, 0.29) is 21.2 Å². The van der Waals surface area contributed by atoms with Gasteiger partial charge in [-0.1, -0.05) is 0 Å². The first-order valence-electron chi connectivity index (χ1n) is 3.26. The molecule has 0 saturated heterocycles. The Morgan fingerprint density at radius 1 is 1.64 bits per heavy atom. The summed E-state index contributed by atoms with van der Waals surface area (Å²) in [7, 11) is 0. The zero-order chi connectivity index (χ0) is 8.85. The average Bonchev–Trinajstić information content (AvgIpc) is 1.99. The Hall–Kier alpha value is -0.260. The summed E-state index contributed by atoms with van der Waals surface area (Å²) in [5.41, 5.74) is 5.45. The molecule has 0 amide bonds. The van der Waals surface area contributed by atoms with E-state index in [2.05, 4.69) is 11.7 Å². The molecule has 0 atom stereocenters. The number of hydrogen-bond donors (Lipinski definition) is 1. The van der Waals surface area contributed by atoms with Crippen LogP contribution in [0.3, 0.4) is 0 Å². The Bertz CT molecular complexity index is 166. The molecule has 66 valence electrons. The quantitative estimate of drug-likeness (QED) is 0.123. The topological polar surface area (TPSA) is 47.6 Å². The molecule has 4 heteroatoms. The zero-order valence-electron chi connectivity index (χ0n) is 7.10. The summed E-state index contributed by atoms with van der Waals surface area (Å²) in [6.07, 6.45) is 0. The van der Waals surface area contributed by atoms with Gasteiger partial charge in [-0.2, -0.15) is 0 Å². The van der Waals surface area contributed by atoms with Crippen molar-refractivity contribution in [3.8, 4) is 0 Å². The van der Waals surface area contributed by atoms with Crippen LogP contribution in [0.5, 0.6) is 0 Å². The van der Waals surface area contributed by atoms with Crippen molar-refractivity contribution in [3.05, 3.63) is 12.3 Å². The summed E-state index contributed by atoms with van der Waals surface area (Å²) in [5.74, 6) is 0.951. The molecule has 0 saturated carbocycles. The monoisotopic (exact) mass is 269 g/mol. The number of nitrogens with two attached hydrogens (primary N) is 1. The van der Waals surface area contributed by atoms with Crippen molar-refractivity contribution in [2.75, 3.05) is 4.93 Å². The van der Waals surface area contributed by atoms with E-state index in [1.54, 1.807) is 0 Å². The molecular formula is C7H14IN2O-. The van der Waals surface area contributed by atoms with Crippen molar-refractivity contribution >= 4 is 3.84 Å². The van der Waals surface area contributed by atoms with Crippen LogP contribution >= 0.6 is 0 Å². The summed E-state index contributed by atoms with van der Waals surface area (Å²) in [6.45, 7) is 7.68. The predicted molar refractivity (Wildman–Crippen MR) is 42.6 cm³/mol. The predicted octanol–water partition coefficient (Wildman–Crippen LogP) is -1.88. The SMILES string of the molecule is C=C(O/N=C(/N)[I-]C)C(C)C. The summed E-state index contributed by atoms with van der Waals surface area (Å²) < 4.78 is 0.602. The molecule has 0 heterocycles. The molecule has 2 N–H and O–H groups in total. The third kappa shape index (κ3) is 5.06. The zero-order valence-corrected chi connectivity index (χ0v) is 9.25. The standard InChI is InChI=1S/C7H14IN2O/c1-5(2)6(3)11-10-7(9)8-4/h5H,3H2,1-2,4H3,(H2,9,10)/q-1. The molecule has 3 nitrogen and oxygen atoms in total. The first-order valence-corrected chi connectivity index (χ1v) is 6.50. The number of allylic oxidation sites excluding steroid dienone is 1. The molecule has 0 fully saturated rings. The Morgan fingerprint density at radius 3 is 2.55 bits per heavy atom. The van der Waals surface area contributed by atoms with Gasteiger partial charge in [-0.25, -0.2) is 0 Å². The van der Waals surface area contributed by atoms with E-state index in [1.807, 2.05) is 18.8 Å². The third-order valence-corrected chi connectivity index (χ3v) is 2.39. The molecule has 0 aliphatic carbocycles. The van der Waals surface area contributed by atoms with Gasteiger partial charge in [0.05, 0.1) is 0 Å². The van der Waals surface area contributed by atoms with E-state index in [0.29, 0.717) is 15.5 Å². The van der Waals surface area contributed by atoms with Crippen molar-refractivity contribution in [2.45, 2.75) is 13.8 Å². The fourth-order valence-electron chi connectivity index (χ4n) is 0.242. The molecule has 0 spiro atoms. The Kier molecular flexibility index (Phi) is 5.27. The maximum atomic E-state index is 5.45. The fourth-order valence-corrected chi connectivity index (χ4v) is 0.538. The van der Waals surface area contributed by atoms with Crippen LogP contribution in [0.1, 0.15) is 13.8 Å². The summed E-state index contributed by atoms with van der Waals surface area (Å²) in [4.78, 5) is 6.98. The Labute approximate surface area is 77.9 Å². The maximum absolute atomic E-state index is 5.45. The number of oxime groups is 1. The Balaban J connectivity index is 3.78. The van der Waals surface area contributed by atoms with Gasteiger partial charge < -0.3 is 0 Å². The van der Waals surface area contributed by atoms with Gasteiger partial charge in [0.15, 0.2) is 0 Å². The van der Waals surface area contributed by atoms with Crippen LogP contribution in [0.2, 0.25) is 0 Å². The number of halogens is 1. The second-order valence-corrected chi connectivity index (χ2v) is 4.50. The van der Waals surface area contributed by atoms with Crippen LogP contribution in [0.15, 0.2) is 17.5 Å². The first-order chi connectivity index (χ1) is 5.07. The molecule has 0 aromatic heterocycles. The second kappa shape index (κ2) is 5.40. The van der Waals surface area contributed by atoms with E-state index in [1.165, 1.54) is 0 Å². The average molecular weight is 269 g/mol. The van der Waals surface area contributed by atoms with Crippen molar-refractivity contribution < 1.29 is 26.0 Å². The van der Waals surface area contributed by atoms with Gasteiger partial charge in [0.1, 0.15) is 0 Å². The molecule has 0 aliphatic heterocycles. The molecule has 0 aliphatic rings. The van der Waals surface area contributed by atoms with E-state index in [0.717, 1.165) is 0 Å². The van der Waals surface area contributed by atoms with Gasteiger partial charge in [0.25, 0.3) is 0 Å². The molecular weight excluding hydrogens is 255 g/mol. The van der Waals surface area contributed by atoms with Crippen LogP contribution in [0.25, 0.3) is 0 Å². The van der Waals surface area contributed by atoms with E-state index in [4.69, 9.17) is 10.6 Å². The minimum absolute atomic E-state index is 0.146. The normalized spacial score (nSPS) is 12.2. The van der Waals surface area contributed by atoms with Gasteiger partial charge in [-0.15, -0.1) is 0 Å². The van der Waals surface area contributed by atoms with Crippen molar-refractivity contribution in [3.63, 3.8) is 0 Å². The van der Waals surface area contributed by atoms with Gasteiger partial charge in [0.2, 0.25) is 0 Å². The van der Waals surface area contributed by atoms with Gasteiger partial charge in [-0.3, -0.25) is 0 Å². The van der Waals surface area contributed by atoms with Crippen LogP contribution in [-0.2, 0) is 4.84 Å². The number of amidine groups is 1. The summed E-state index contributed by atoms with van der Waals surface area (Å²) in [6, 6.07) is 0.